The highest BCUT2D eigenvalue weighted by molar-refractivity contribution is 6.25. The fraction of sp³-hybridized carbons (Fsp3) is 0.304. The Morgan fingerprint density at radius 2 is 1.38 bits per heavy atom. The largest absolute Gasteiger partial charge is 0.377 e. The van der Waals surface area contributed by atoms with E-state index in [9.17, 15) is 9.59 Å². The van der Waals surface area contributed by atoms with Gasteiger partial charge in [0.25, 0.3) is 0 Å². The van der Waals surface area contributed by atoms with Gasteiger partial charge in [0.15, 0.2) is 11.6 Å². The van der Waals surface area contributed by atoms with Gasteiger partial charge < -0.3 is 4.90 Å². The summed E-state index contributed by atoms with van der Waals surface area (Å²) in [5.41, 5.74) is 4.19. The Morgan fingerprint density at radius 3 is 2.00 bits per heavy atom. The van der Waals surface area contributed by atoms with Gasteiger partial charge >= 0.3 is 0 Å². The van der Waals surface area contributed by atoms with Crippen LogP contribution in [0.15, 0.2) is 54.1 Å². The first-order valence-corrected chi connectivity index (χ1v) is 8.92. The van der Waals surface area contributed by atoms with Gasteiger partial charge in [0.05, 0.1) is 5.57 Å². The summed E-state index contributed by atoms with van der Waals surface area (Å²) < 4.78 is 0. The van der Waals surface area contributed by atoms with Crippen LogP contribution in [0.3, 0.4) is 0 Å². The zero-order valence-electron chi connectivity index (χ0n) is 15.9. The lowest BCUT2D eigenvalue weighted by atomic mass is 9.73. The lowest BCUT2D eigenvalue weighted by molar-refractivity contribution is -0.127. The summed E-state index contributed by atoms with van der Waals surface area (Å²) in [5, 5.41) is 0. The van der Waals surface area contributed by atoms with Crippen LogP contribution in [0, 0.1) is 5.41 Å². The third kappa shape index (κ3) is 3.62. The number of allylic oxidation sites excluding steroid dienone is 1. The fourth-order valence-electron chi connectivity index (χ4n) is 3.55. The molecule has 3 rings (SSSR count). The average Bonchev–Trinajstić information content (AvgIpc) is 2.57. The number of Topliss-reactive ketones (excluding diaryl/α,β-unsaturated/α-hetero) is 2. The molecule has 1 aliphatic carbocycles. The Bertz CT molecular complexity index is 869. The molecule has 1 aliphatic rings. The first-order valence-electron chi connectivity index (χ1n) is 8.92. The van der Waals surface area contributed by atoms with E-state index in [4.69, 9.17) is 0 Å². The van der Waals surface area contributed by atoms with Gasteiger partial charge in [-0.3, -0.25) is 9.59 Å². The lowest BCUT2D eigenvalue weighted by Crippen LogP contribution is -2.31. The van der Waals surface area contributed by atoms with Gasteiger partial charge in [0, 0.05) is 38.2 Å². The van der Waals surface area contributed by atoms with E-state index in [-0.39, 0.29) is 17.0 Å². The molecule has 3 heteroatoms. The van der Waals surface area contributed by atoms with E-state index in [0.29, 0.717) is 18.4 Å². The number of hydrogen-bond acceptors (Lipinski definition) is 3. The van der Waals surface area contributed by atoms with Gasteiger partial charge in [-0.2, -0.15) is 0 Å². The predicted octanol–water partition coefficient (Wildman–Crippen LogP) is 4.76. The number of benzene rings is 2. The normalized spacial score (nSPS) is 16.5. The van der Waals surface area contributed by atoms with Gasteiger partial charge in [-0.1, -0.05) is 56.3 Å². The minimum absolute atomic E-state index is 0.0538. The molecule has 26 heavy (non-hydrogen) atoms. The van der Waals surface area contributed by atoms with E-state index in [0.717, 1.165) is 22.4 Å². The molecule has 0 unspecified atom stereocenters. The second-order valence-electron chi connectivity index (χ2n) is 7.92. The molecule has 0 atom stereocenters. The number of rotatable bonds is 3. The maximum Gasteiger partial charge on any atom is 0.167 e. The van der Waals surface area contributed by atoms with Crippen molar-refractivity contribution in [1.29, 1.82) is 0 Å². The van der Waals surface area contributed by atoms with Crippen LogP contribution in [-0.4, -0.2) is 25.7 Å². The molecule has 0 spiro atoms. The standard InChI is InChI=1S/C23H25NO2/c1-23(2)14-21(25)19(22(26)15-23)13-16-9-5-6-10-17(16)18-11-7-8-12-20(18)24(3)4/h5-13H,14-15H2,1-4H3. The summed E-state index contributed by atoms with van der Waals surface area (Å²) in [5.74, 6) is -0.108. The first-order chi connectivity index (χ1) is 12.3. The summed E-state index contributed by atoms with van der Waals surface area (Å²) in [6.07, 6.45) is 2.61. The van der Waals surface area contributed by atoms with Crippen molar-refractivity contribution in [2.75, 3.05) is 19.0 Å². The van der Waals surface area contributed by atoms with Crippen molar-refractivity contribution in [3.63, 3.8) is 0 Å². The molecule has 0 N–H and O–H groups in total. The molecule has 1 saturated carbocycles. The van der Waals surface area contributed by atoms with Crippen LogP contribution in [-0.2, 0) is 9.59 Å². The summed E-state index contributed by atoms with van der Waals surface area (Å²) in [6.45, 7) is 3.95. The molecule has 3 nitrogen and oxygen atoms in total. The molecular weight excluding hydrogens is 322 g/mol. The van der Waals surface area contributed by atoms with Crippen LogP contribution in [0.1, 0.15) is 32.3 Å². The summed E-state index contributed by atoms with van der Waals surface area (Å²) in [4.78, 5) is 27.2. The van der Waals surface area contributed by atoms with E-state index < -0.39 is 0 Å². The highest BCUT2D eigenvalue weighted by Crippen LogP contribution is 2.37. The second-order valence-corrected chi connectivity index (χ2v) is 7.92. The van der Waals surface area contributed by atoms with Gasteiger partial charge in [-0.15, -0.1) is 0 Å². The van der Waals surface area contributed by atoms with Crippen molar-refractivity contribution < 1.29 is 9.59 Å². The molecule has 0 heterocycles. The first kappa shape index (κ1) is 18.1. The number of hydrogen-bond donors (Lipinski definition) is 0. The summed E-state index contributed by atoms with van der Waals surface area (Å²) >= 11 is 0. The van der Waals surface area contributed by atoms with Crippen molar-refractivity contribution in [3.8, 4) is 11.1 Å². The Morgan fingerprint density at radius 1 is 0.846 bits per heavy atom. The molecule has 2 aromatic carbocycles. The molecule has 0 aliphatic heterocycles. The second kappa shape index (κ2) is 6.91. The van der Waals surface area contributed by atoms with Gasteiger partial charge in [0.2, 0.25) is 0 Å². The Balaban J connectivity index is 2.10. The molecular formula is C23H25NO2. The average molecular weight is 347 g/mol. The number of anilines is 1. The number of ketones is 2. The van der Waals surface area contributed by atoms with E-state index in [1.807, 2.05) is 64.3 Å². The third-order valence-corrected chi connectivity index (χ3v) is 4.82. The van der Waals surface area contributed by atoms with Gasteiger partial charge in [-0.05, 0) is 28.7 Å². The Labute approximate surface area is 155 Å². The Hall–Kier alpha value is -2.68. The molecule has 2 aromatic rings. The Kier molecular flexibility index (Phi) is 4.82. The van der Waals surface area contributed by atoms with Crippen LogP contribution >= 0.6 is 0 Å². The van der Waals surface area contributed by atoms with Crippen molar-refractivity contribution in [3.05, 3.63) is 59.7 Å². The van der Waals surface area contributed by atoms with E-state index >= 15 is 0 Å². The molecule has 0 saturated heterocycles. The highest BCUT2D eigenvalue weighted by atomic mass is 16.1. The molecule has 0 amide bonds. The zero-order valence-corrected chi connectivity index (χ0v) is 15.9. The van der Waals surface area contributed by atoms with Crippen LogP contribution < -0.4 is 4.90 Å². The molecule has 1 fully saturated rings. The maximum absolute atomic E-state index is 12.6. The van der Waals surface area contributed by atoms with Gasteiger partial charge in [-0.25, -0.2) is 0 Å². The fourth-order valence-corrected chi connectivity index (χ4v) is 3.55. The van der Waals surface area contributed by atoms with Crippen LogP contribution in [0.4, 0.5) is 5.69 Å². The van der Waals surface area contributed by atoms with E-state index in [1.54, 1.807) is 6.08 Å². The molecule has 0 aromatic heterocycles. The number of nitrogens with zero attached hydrogens (tertiary/aromatic N) is 1. The number of para-hydroxylation sites is 1. The minimum atomic E-state index is -0.247. The topological polar surface area (TPSA) is 37.4 Å². The minimum Gasteiger partial charge on any atom is -0.377 e. The summed E-state index contributed by atoms with van der Waals surface area (Å²) in [7, 11) is 4.02. The van der Waals surface area contributed by atoms with Crippen molar-refractivity contribution in [2.45, 2.75) is 26.7 Å². The molecule has 0 radical (unpaired) electrons. The van der Waals surface area contributed by atoms with Gasteiger partial charge in [0.1, 0.15) is 0 Å². The lowest BCUT2D eigenvalue weighted by Gasteiger charge is -2.28. The predicted molar refractivity (Wildman–Crippen MR) is 107 cm³/mol. The highest BCUT2D eigenvalue weighted by Gasteiger charge is 2.35. The quantitative estimate of drug-likeness (QED) is 0.593. The van der Waals surface area contributed by atoms with Crippen molar-refractivity contribution >= 4 is 23.3 Å². The number of carbonyl (C=O) groups is 2. The van der Waals surface area contributed by atoms with E-state index in [2.05, 4.69) is 17.0 Å². The van der Waals surface area contributed by atoms with Crippen molar-refractivity contribution in [2.24, 2.45) is 5.41 Å². The third-order valence-electron chi connectivity index (χ3n) is 4.82. The molecule has 0 bridgehead atoms. The SMILES string of the molecule is CN(C)c1ccccc1-c1ccccc1C=C1C(=O)CC(C)(C)CC1=O. The maximum atomic E-state index is 12.6. The number of carbonyl (C=O) groups excluding carboxylic acids is 2. The van der Waals surface area contributed by atoms with E-state index in [1.165, 1.54) is 0 Å². The van der Waals surface area contributed by atoms with Crippen LogP contribution in [0.5, 0.6) is 0 Å². The van der Waals surface area contributed by atoms with Crippen LogP contribution in [0.25, 0.3) is 17.2 Å². The molecule has 134 valence electrons. The summed E-state index contributed by atoms with van der Waals surface area (Å²) in [6, 6.07) is 16.1. The smallest absolute Gasteiger partial charge is 0.167 e. The zero-order chi connectivity index (χ0) is 18.9. The monoisotopic (exact) mass is 347 g/mol. The van der Waals surface area contributed by atoms with Crippen LogP contribution in [0.2, 0.25) is 0 Å². The van der Waals surface area contributed by atoms with Crippen molar-refractivity contribution in [1.82, 2.24) is 0 Å².